The van der Waals surface area contributed by atoms with Crippen LogP contribution < -0.4 is 42.0 Å². The maximum absolute atomic E-state index is 14.0. The number of ether oxygens (including phenoxy) is 4. The highest BCUT2D eigenvalue weighted by Gasteiger charge is 2.42. The second-order valence-electron chi connectivity index (χ2n) is 20.7. The molecule has 8 rings (SSSR count). The number of urea groups is 2. The van der Waals surface area contributed by atoms with Gasteiger partial charge < -0.3 is 61.1 Å². The van der Waals surface area contributed by atoms with E-state index >= 15 is 0 Å². The zero-order chi connectivity index (χ0) is 55.5. The SMILES string of the molecule is Cc1nc(Oc2ccccc2)ccc1N1C(=O)NC2=C(C(=O)N[C@@H]3CCCN(C(=O)/C=C/CN(CCCOCCOCCOCCCNC(=O)CCCC[C@@H]4CC[C@@H]5NC(=O)N[C@H]45)C(=O)CCCC(N)=O)C3)Cc3cccc1c32. The number of fused-ring (bicyclic) bond motifs is 1. The standard InChI is InChI=1S/C58H76N10O11/c1-39-46(25-26-50(61-39)79-43-16-3-2-4-17-43)68-47-18-7-14-41-37-44(55(53(41)47)65-58(68)75)56(73)62-42-15-9-29-67(38-42)52(72)22-10-28-66(51(71)21-8-19-48(59)69)30-12-32-77-34-36-78-35-33-76-31-11-27-60-49(70)20-6-5-13-40-23-24-45-54(40)64-57(74)63-45/h2-4,7,10,14,16-18,22,25-26,40,42,45,54H,5-6,8-9,11-13,15,19-21,23-24,27-38H2,1H3,(H2,59,69)(H,60,70)(H,62,73)(H,65,75)(H2,63,64,74)/b22-10+/t40-,42-,45+,54-/m1/s1. The number of aryl methyl sites for hydroxylation is 1. The Morgan fingerprint density at radius 1 is 0.823 bits per heavy atom. The Balaban J connectivity index is 0.709. The number of likely N-dealkylation sites (tertiary alicyclic amines) is 1. The Morgan fingerprint density at radius 3 is 2.39 bits per heavy atom. The molecule has 1 saturated carbocycles. The number of piperidine rings is 1. The van der Waals surface area contributed by atoms with Crippen LogP contribution in [0.5, 0.6) is 11.6 Å². The van der Waals surface area contributed by atoms with Gasteiger partial charge in [0.05, 0.1) is 61.3 Å². The summed E-state index contributed by atoms with van der Waals surface area (Å²) >= 11 is 0. The van der Waals surface area contributed by atoms with E-state index in [-0.39, 0.29) is 67.2 Å². The molecule has 9 amide bonds. The number of benzene rings is 2. The largest absolute Gasteiger partial charge is 0.439 e. The molecule has 21 heteroatoms. The Morgan fingerprint density at radius 2 is 1.61 bits per heavy atom. The molecule has 3 fully saturated rings. The predicted octanol–water partition coefficient (Wildman–Crippen LogP) is 5.43. The zero-order valence-corrected chi connectivity index (χ0v) is 45.3. The first-order valence-electron chi connectivity index (χ1n) is 28.0. The highest BCUT2D eigenvalue weighted by molar-refractivity contribution is 6.16. The molecule has 2 aliphatic carbocycles. The van der Waals surface area contributed by atoms with Gasteiger partial charge in [-0.25, -0.2) is 14.6 Å². The van der Waals surface area contributed by atoms with Crippen molar-refractivity contribution in [2.24, 2.45) is 11.7 Å². The third-order valence-corrected chi connectivity index (χ3v) is 14.9. The number of primary amides is 1. The highest BCUT2D eigenvalue weighted by atomic mass is 16.5. The minimum Gasteiger partial charge on any atom is -0.439 e. The number of nitrogens with two attached hydrogens (primary N) is 1. The van der Waals surface area contributed by atoms with E-state index in [4.69, 9.17) is 24.7 Å². The summed E-state index contributed by atoms with van der Waals surface area (Å²) in [5.74, 6) is 0.385. The van der Waals surface area contributed by atoms with Crippen LogP contribution in [-0.4, -0.2) is 147 Å². The average Bonchev–Trinajstić information content (AvgIpc) is 4.35. The molecule has 79 heavy (non-hydrogen) atoms. The first kappa shape index (κ1) is 57.8. The van der Waals surface area contributed by atoms with E-state index in [0.29, 0.717) is 157 Å². The van der Waals surface area contributed by atoms with Crippen LogP contribution in [0.4, 0.5) is 21.0 Å². The number of hydrogen-bond acceptors (Lipinski definition) is 12. The van der Waals surface area contributed by atoms with Crippen molar-refractivity contribution in [2.75, 3.05) is 77.3 Å². The van der Waals surface area contributed by atoms with E-state index in [2.05, 4.69) is 31.6 Å². The van der Waals surface area contributed by atoms with Gasteiger partial charge in [0.2, 0.25) is 35.4 Å². The number of nitrogens with zero attached hydrogens (tertiary/aromatic N) is 4. The van der Waals surface area contributed by atoms with Crippen molar-refractivity contribution in [3.8, 4) is 11.6 Å². The number of rotatable bonds is 31. The van der Waals surface area contributed by atoms with Gasteiger partial charge in [-0.15, -0.1) is 0 Å². The number of carbonyl (C=O) groups is 7. The molecule has 4 heterocycles. The average molecular weight is 1090 g/mol. The summed E-state index contributed by atoms with van der Waals surface area (Å²) in [6.07, 6.45) is 12.0. The Kier molecular flexibility index (Phi) is 21.2. The molecule has 0 spiro atoms. The monoisotopic (exact) mass is 1090 g/mol. The van der Waals surface area contributed by atoms with Crippen LogP contribution in [0.15, 0.2) is 78.4 Å². The lowest BCUT2D eigenvalue weighted by Crippen LogP contribution is -2.50. The second-order valence-corrected chi connectivity index (χ2v) is 20.7. The number of anilines is 2. The van der Waals surface area contributed by atoms with Crippen molar-refractivity contribution in [3.05, 3.63) is 95.2 Å². The molecule has 2 aromatic carbocycles. The number of pyridine rings is 1. The molecule has 4 atom stereocenters. The van der Waals surface area contributed by atoms with Crippen molar-refractivity contribution < 1.29 is 52.5 Å². The van der Waals surface area contributed by atoms with Crippen molar-refractivity contribution >= 4 is 58.7 Å². The number of nitrogens with one attached hydrogen (secondary N) is 5. The molecule has 2 saturated heterocycles. The van der Waals surface area contributed by atoms with E-state index in [0.717, 1.165) is 43.2 Å². The van der Waals surface area contributed by atoms with Crippen molar-refractivity contribution in [1.82, 2.24) is 41.4 Å². The molecular weight excluding hydrogens is 1010 g/mol. The molecule has 1 aromatic heterocycles. The lowest BCUT2D eigenvalue weighted by molar-refractivity contribution is -0.131. The van der Waals surface area contributed by atoms with Crippen LogP contribution in [0, 0.1) is 12.8 Å². The molecule has 3 aliphatic heterocycles. The predicted molar refractivity (Wildman–Crippen MR) is 295 cm³/mol. The minimum atomic E-state index is -0.477. The van der Waals surface area contributed by atoms with Crippen LogP contribution in [0.25, 0.3) is 5.70 Å². The third-order valence-electron chi connectivity index (χ3n) is 14.9. The summed E-state index contributed by atoms with van der Waals surface area (Å²) in [5, 5.41) is 15.1. The van der Waals surface area contributed by atoms with Crippen molar-refractivity contribution in [2.45, 2.75) is 115 Å². The third kappa shape index (κ3) is 16.4. The number of para-hydroxylation sites is 1. The quantitative estimate of drug-likeness (QED) is 0.0348. The first-order valence-corrected chi connectivity index (χ1v) is 28.0. The first-order chi connectivity index (χ1) is 38.4. The topological polar surface area (TPSA) is 265 Å². The summed E-state index contributed by atoms with van der Waals surface area (Å²) in [6.45, 7) is 6.18. The molecule has 3 aromatic rings. The molecule has 0 unspecified atom stereocenters. The van der Waals surface area contributed by atoms with Crippen LogP contribution >= 0.6 is 0 Å². The van der Waals surface area contributed by atoms with Crippen LogP contribution in [-0.2, 0) is 44.6 Å². The number of unbranched alkanes of at least 4 members (excludes halogenated alkanes) is 1. The van der Waals surface area contributed by atoms with E-state index in [1.807, 2.05) is 55.5 Å². The zero-order valence-electron chi connectivity index (χ0n) is 45.3. The summed E-state index contributed by atoms with van der Waals surface area (Å²) < 4.78 is 23.0. The van der Waals surface area contributed by atoms with E-state index in [9.17, 15) is 33.6 Å². The van der Waals surface area contributed by atoms with Crippen LogP contribution in [0.1, 0.15) is 100 Å². The van der Waals surface area contributed by atoms with Gasteiger partial charge in [-0.1, -0.05) is 42.8 Å². The van der Waals surface area contributed by atoms with Gasteiger partial charge in [-0.3, -0.25) is 28.9 Å². The fourth-order valence-electron chi connectivity index (χ4n) is 11.0. The van der Waals surface area contributed by atoms with Crippen LogP contribution in [0.2, 0.25) is 0 Å². The van der Waals surface area contributed by atoms with Gasteiger partial charge in [0, 0.05) is 101 Å². The Hall–Kier alpha value is -7.36. The normalized spacial score (nSPS) is 19.2. The maximum Gasteiger partial charge on any atom is 0.331 e. The molecule has 5 aliphatic rings. The van der Waals surface area contributed by atoms with Gasteiger partial charge in [0.15, 0.2) is 0 Å². The molecule has 21 nitrogen and oxygen atoms in total. The van der Waals surface area contributed by atoms with E-state index in [1.165, 1.54) is 6.08 Å². The number of hydrogen-bond donors (Lipinski definition) is 6. The van der Waals surface area contributed by atoms with Crippen molar-refractivity contribution in [3.63, 3.8) is 0 Å². The summed E-state index contributed by atoms with van der Waals surface area (Å²) in [5.41, 5.74) is 9.74. The lowest BCUT2D eigenvalue weighted by Gasteiger charge is -2.33. The van der Waals surface area contributed by atoms with Crippen molar-refractivity contribution in [1.29, 1.82) is 0 Å². The lowest BCUT2D eigenvalue weighted by atomic mass is 9.96. The highest BCUT2D eigenvalue weighted by Crippen LogP contribution is 2.44. The number of carbonyl (C=O) groups excluding carboxylic acids is 7. The summed E-state index contributed by atoms with van der Waals surface area (Å²) in [4.78, 5) is 99.4. The fraction of sp³-hybridized carbons (Fsp3) is 0.517. The second kappa shape index (κ2) is 29.0. The van der Waals surface area contributed by atoms with Crippen LogP contribution in [0.3, 0.4) is 0 Å². The maximum atomic E-state index is 14.0. The summed E-state index contributed by atoms with van der Waals surface area (Å²) in [7, 11) is 0. The van der Waals surface area contributed by atoms with Gasteiger partial charge in [0.1, 0.15) is 5.75 Å². The molecule has 424 valence electrons. The Bertz CT molecular complexity index is 2700. The number of aromatic nitrogens is 1. The van der Waals surface area contributed by atoms with Gasteiger partial charge in [-0.05, 0) is 100 Å². The van der Waals surface area contributed by atoms with E-state index in [1.54, 1.807) is 32.9 Å². The minimum absolute atomic E-state index is 0.0469. The summed E-state index contributed by atoms with van der Waals surface area (Å²) in [6, 6.07) is 18.2. The molecule has 7 N–H and O–H groups in total. The van der Waals surface area contributed by atoms with E-state index < -0.39 is 11.9 Å². The molecule has 0 radical (unpaired) electrons. The molecule has 0 bridgehead atoms. The molecular formula is C58H76N10O11. The fourth-order valence-corrected chi connectivity index (χ4v) is 11.0. The van der Waals surface area contributed by atoms with Gasteiger partial charge in [-0.2, -0.15) is 0 Å². The number of amides is 9. The van der Waals surface area contributed by atoms with Gasteiger partial charge >= 0.3 is 12.1 Å². The van der Waals surface area contributed by atoms with Gasteiger partial charge in [0.25, 0.3) is 0 Å². The Labute approximate surface area is 461 Å². The smallest absolute Gasteiger partial charge is 0.331 e.